The average molecular weight is 346 g/mol. The first-order valence-corrected chi connectivity index (χ1v) is 8.52. The van der Waals surface area contributed by atoms with E-state index >= 15 is 0 Å². The molecular formula is C16H18N4O3S. The summed E-state index contributed by atoms with van der Waals surface area (Å²) >= 11 is 1.60. The van der Waals surface area contributed by atoms with Gasteiger partial charge < -0.3 is 13.9 Å². The molecule has 0 saturated carbocycles. The summed E-state index contributed by atoms with van der Waals surface area (Å²) in [5.74, 6) is 3.35. The van der Waals surface area contributed by atoms with Crippen molar-refractivity contribution in [1.29, 1.82) is 0 Å². The van der Waals surface area contributed by atoms with Gasteiger partial charge in [0.2, 0.25) is 5.16 Å². The van der Waals surface area contributed by atoms with Crippen LogP contribution < -0.4 is 9.47 Å². The van der Waals surface area contributed by atoms with Crippen molar-refractivity contribution in [2.75, 3.05) is 19.5 Å². The van der Waals surface area contributed by atoms with Crippen molar-refractivity contribution in [2.45, 2.75) is 18.1 Å². The Morgan fingerprint density at radius 2 is 2.00 bits per heavy atom. The first-order valence-electron chi connectivity index (χ1n) is 7.53. The molecule has 0 aliphatic rings. The predicted octanol–water partition coefficient (Wildman–Crippen LogP) is 2.88. The highest BCUT2D eigenvalue weighted by Gasteiger charge is 2.08. The highest BCUT2D eigenvalue weighted by Crippen LogP contribution is 2.19. The standard InChI is InChI=1S/C16H18N4O3S/c1-21-13-5-7-14(8-6-13)22-10-3-11-24-16-17-18-19-20(16)12-15-4-2-9-23-15/h2,4-9H,3,10-12H2,1H3. The molecule has 2 heterocycles. The van der Waals surface area contributed by atoms with Crippen LogP contribution in [-0.2, 0) is 6.54 Å². The van der Waals surface area contributed by atoms with Gasteiger partial charge in [0, 0.05) is 5.75 Å². The SMILES string of the molecule is COc1ccc(OCCCSc2nnnn2Cc2ccco2)cc1. The number of hydrogen-bond acceptors (Lipinski definition) is 7. The van der Waals surface area contributed by atoms with Gasteiger partial charge in [-0.2, -0.15) is 0 Å². The number of hydrogen-bond donors (Lipinski definition) is 0. The lowest BCUT2D eigenvalue weighted by Crippen LogP contribution is -2.04. The number of methoxy groups -OCH3 is 1. The smallest absolute Gasteiger partial charge is 0.209 e. The van der Waals surface area contributed by atoms with Crippen molar-refractivity contribution in [3.8, 4) is 11.5 Å². The van der Waals surface area contributed by atoms with Crippen LogP contribution in [0.1, 0.15) is 12.2 Å². The molecule has 3 aromatic rings. The molecule has 0 spiro atoms. The second kappa shape index (κ2) is 8.39. The lowest BCUT2D eigenvalue weighted by molar-refractivity contribution is 0.318. The second-order valence-electron chi connectivity index (χ2n) is 4.92. The number of rotatable bonds is 9. The van der Waals surface area contributed by atoms with Crippen LogP contribution >= 0.6 is 11.8 Å². The van der Waals surface area contributed by atoms with E-state index in [2.05, 4.69) is 15.5 Å². The van der Waals surface area contributed by atoms with Gasteiger partial charge in [0.05, 0.1) is 20.0 Å². The van der Waals surface area contributed by atoms with Crippen LogP contribution in [0, 0.1) is 0 Å². The lowest BCUT2D eigenvalue weighted by atomic mass is 10.3. The van der Waals surface area contributed by atoms with Gasteiger partial charge >= 0.3 is 0 Å². The van der Waals surface area contributed by atoms with Gasteiger partial charge in [0.15, 0.2) is 0 Å². The minimum atomic E-state index is 0.532. The first kappa shape index (κ1) is 16.4. The van der Waals surface area contributed by atoms with E-state index in [-0.39, 0.29) is 0 Å². The van der Waals surface area contributed by atoms with Crippen LogP contribution in [0.15, 0.2) is 52.2 Å². The molecule has 24 heavy (non-hydrogen) atoms. The van der Waals surface area contributed by atoms with Crippen molar-refractivity contribution < 1.29 is 13.9 Å². The molecule has 0 fully saturated rings. The third-order valence-electron chi connectivity index (χ3n) is 3.23. The topological polar surface area (TPSA) is 75.2 Å². The van der Waals surface area contributed by atoms with Crippen molar-refractivity contribution in [2.24, 2.45) is 0 Å². The maximum absolute atomic E-state index is 5.70. The van der Waals surface area contributed by atoms with E-state index < -0.39 is 0 Å². The van der Waals surface area contributed by atoms with Crippen molar-refractivity contribution >= 4 is 11.8 Å². The Hall–Kier alpha value is -2.48. The molecule has 8 heteroatoms. The molecule has 0 saturated heterocycles. The largest absolute Gasteiger partial charge is 0.497 e. The van der Waals surface area contributed by atoms with E-state index in [1.807, 2.05) is 36.4 Å². The Bertz CT molecular complexity index is 728. The number of furan rings is 1. The Labute approximate surface area is 143 Å². The molecule has 0 aliphatic heterocycles. The summed E-state index contributed by atoms with van der Waals surface area (Å²) in [5, 5.41) is 12.5. The van der Waals surface area contributed by atoms with Gasteiger partial charge in [-0.05, 0) is 53.2 Å². The zero-order chi connectivity index (χ0) is 16.6. The molecule has 1 aromatic carbocycles. The zero-order valence-electron chi connectivity index (χ0n) is 13.3. The Morgan fingerprint density at radius 1 is 1.17 bits per heavy atom. The molecule has 7 nitrogen and oxygen atoms in total. The van der Waals surface area contributed by atoms with E-state index in [4.69, 9.17) is 13.9 Å². The third kappa shape index (κ3) is 4.51. The average Bonchev–Trinajstić information content (AvgIpc) is 3.28. The van der Waals surface area contributed by atoms with Gasteiger partial charge in [-0.1, -0.05) is 11.8 Å². The summed E-state index contributed by atoms with van der Waals surface area (Å²) in [4.78, 5) is 0. The van der Waals surface area contributed by atoms with Crippen LogP contribution in [-0.4, -0.2) is 39.7 Å². The molecule has 0 radical (unpaired) electrons. The van der Waals surface area contributed by atoms with Crippen molar-refractivity contribution in [1.82, 2.24) is 20.2 Å². The number of tetrazole rings is 1. The van der Waals surface area contributed by atoms with Crippen LogP contribution in [0.2, 0.25) is 0 Å². The first-order chi connectivity index (χ1) is 11.8. The summed E-state index contributed by atoms with van der Waals surface area (Å²) in [7, 11) is 1.65. The fraction of sp³-hybridized carbons (Fsp3) is 0.312. The number of benzene rings is 1. The second-order valence-corrected chi connectivity index (χ2v) is 5.99. The fourth-order valence-corrected chi connectivity index (χ4v) is 2.82. The molecule has 0 N–H and O–H groups in total. The molecule has 0 amide bonds. The monoisotopic (exact) mass is 346 g/mol. The van der Waals surface area contributed by atoms with E-state index in [9.17, 15) is 0 Å². The lowest BCUT2D eigenvalue weighted by Gasteiger charge is -2.07. The summed E-state index contributed by atoms with van der Waals surface area (Å²) in [5.41, 5.74) is 0. The van der Waals surface area contributed by atoms with Gasteiger partial charge in [-0.15, -0.1) is 5.10 Å². The zero-order valence-corrected chi connectivity index (χ0v) is 14.1. The van der Waals surface area contributed by atoms with E-state index in [1.54, 1.807) is 29.8 Å². The molecule has 0 atom stereocenters. The van der Waals surface area contributed by atoms with Crippen LogP contribution in [0.3, 0.4) is 0 Å². The minimum absolute atomic E-state index is 0.532. The molecule has 2 aromatic heterocycles. The maximum atomic E-state index is 5.70. The minimum Gasteiger partial charge on any atom is -0.497 e. The van der Waals surface area contributed by atoms with Gasteiger partial charge in [-0.3, -0.25) is 0 Å². The van der Waals surface area contributed by atoms with Gasteiger partial charge in [0.25, 0.3) is 0 Å². The van der Waals surface area contributed by atoms with E-state index in [0.29, 0.717) is 13.2 Å². The normalized spacial score (nSPS) is 10.7. The molecule has 0 unspecified atom stereocenters. The quantitative estimate of drug-likeness (QED) is 0.435. The summed E-state index contributed by atoms with van der Waals surface area (Å²) in [6.07, 6.45) is 2.54. The fourth-order valence-electron chi connectivity index (χ4n) is 2.03. The molecule has 0 bridgehead atoms. The Balaban J connectivity index is 1.39. The Morgan fingerprint density at radius 3 is 2.75 bits per heavy atom. The summed E-state index contributed by atoms with van der Waals surface area (Å²) in [6.45, 7) is 1.17. The van der Waals surface area contributed by atoms with Gasteiger partial charge in [-0.25, -0.2) is 4.68 Å². The maximum Gasteiger partial charge on any atom is 0.209 e. The van der Waals surface area contributed by atoms with Gasteiger partial charge in [0.1, 0.15) is 23.8 Å². The number of nitrogens with zero attached hydrogens (tertiary/aromatic N) is 4. The summed E-state index contributed by atoms with van der Waals surface area (Å²) in [6, 6.07) is 11.3. The van der Waals surface area contributed by atoms with E-state index in [0.717, 1.165) is 34.6 Å². The number of aromatic nitrogens is 4. The molecule has 3 rings (SSSR count). The highest BCUT2D eigenvalue weighted by molar-refractivity contribution is 7.99. The molecular weight excluding hydrogens is 328 g/mol. The van der Waals surface area contributed by atoms with Crippen LogP contribution in [0.5, 0.6) is 11.5 Å². The highest BCUT2D eigenvalue weighted by atomic mass is 32.2. The van der Waals surface area contributed by atoms with Crippen LogP contribution in [0.4, 0.5) is 0 Å². The van der Waals surface area contributed by atoms with Crippen molar-refractivity contribution in [3.05, 3.63) is 48.4 Å². The summed E-state index contributed by atoms with van der Waals surface area (Å²) < 4.78 is 17.9. The van der Waals surface area contributed by atoms with Crippen LogP contribution in [0.25, 0.3) is 0 Å². The number of thioether (sulfide) groups is 1. The number of ether oxygens (including phenoxy) is 2. The van der Waals surface area contributed by atoms with Crippen molar-refractivity contribution in [3.63, 3.8) is 0 Å². The Kier molecular flexibility index (Phi) is 5.73. The van der Waals surface area contributed by atoms with E-state index in [1.165, 1.54) is 0 Å². The third-order valence-corrected chi connectivity index (χ3v) is 4.28. The molecule has 126 valence electrons. The predicted molar refractivity (Wildman–Crippen MR) is 89.5 cm³/mol. The molecule has 0 aliphatic carbocycles.